The molecule has 1 heterocycles. The van der Waals surface area contributed by atoms with Gasteiger partial charge in [0, 0.05) is 24.6 Å². The number of ether oxygens (including phenoxy) is 1. The molecular weight excluding hydrogens is 200 g/mol. The Morgan fingerprint density at radius 3 is 3.07 bits per heavy atom. The molecule has 0 aromatic heterocycles. The van der Waals surface area contributed by atoms with E-state index in [9.17, 15) is 4.79 Å². The minimum absolute atomic E-state index is 0.165. The Bertz CT molecular complexity index is 269. The average Bonchev–Trinajstić information content (AvgIpc) is 2.26. The van der Waals surface area contributed by atoms with E-state index >= 15 is 0 Å². The summed E-state index contributed by atoms with van der Waals surface area (Å²) in [5.41, 5.74) is 7.06. The summed E-state index contributed by atoms with van der Waals surface area (Å²) in [5, 5.41) is 15.3. The maximum atomic E-state index is 11.1. The number of hydrogen-bond donors (Lipinski definition) is 2. The van der Waals surface area contributed by atoms with Crippen LogP contribution in [-0.2, 0) is 9.53 Å². The first-order valence-electron chi connectivity index (χ1n) is 4.78. The minimum Gasteiger partial charge on any atom is -0.480 e. The van der Waals surface area contributed by atoms with E-state index in [2.05, 4.69) is 15.3 Å². The van der Waals surface area contributed by atoms with E-state index in [0.717, 1.165) is 6.42 Å². The number of azide groups is 1. The first-order chi connectivity index (χ1) is 7.21. The van der Waals surface area contributed by atoms with Gasteiger partial charge in [-0.3, -0.25) is 10.1 Å². The molecule has 0 aliphatic carbocycles. The lowest BCUT2D eigenvalue weighted by Gasteiger charge is -2.33. The third-order valence-corrected chi connectivity index (χ3v) is 2.39. The number of nitrogens with zero attached hydrogens (tertiary/aromatic N) is 3. The fourth-order valence-corrected chi connectivity index (χ4v) is 1.57. The third-order valence-electron chi connectivity index (χ3n) is 2.39. The van der Waals surface area contributed by atoms with E-state index < -0.39 is 11.5 Å². The fraction of sp³-hybridized carbons (Fsp3) is 0.875. The summed E-state index contributed by atoms with van der Waals surface area (Å²) in [6.07, 6.45) is 1.26. The minimum atomic E-state index is -1.01. The van der Waals surface area contributed by atoms with E-state index in [-0.39, 0.29) is 13.2 Å². The second kappa shape index (κ2) is 5.55. The second-order valence-corrected chi connectivity index (χ2v) is 3.42. The van der Waals surface area contributed by atoms with E-state index in [0.29, 0.717) is 19.6 Å². The molecule has 0 amide bonds. The number of rotatable bonds is 5. The van der Waals surface area contributed by atoms with E-state index in [1.54, 1.807) is 0 Å². The van der Waals surface area contributed by atoms with Crippen LogP contribution >= 0.6 is 0 Å². The highest BCUT2D eigenvalue weighted by atomic mass is 16.5. The first kappa shape index (κ1) is 11.8. The van der Waals surface area contributed by atoms with Crippen molar-refractivity contribution in [3.05, 3.63) is 10.4 Å². The zero-order chi connectivity index (χ0) is 11.1. The van der Waals surface area contributed by atoms with Gasteiger partial charge in [-0.05, 0) is 18.4 Å². The van der Waals surface area contributed by atoms with Crippen LogP contribution in [0.3, 0.4) is 0 Å². The molecule has 1 rings (SSSR count). The first-order valence-corrected chi connectivity index (χ1v) is 4.78. The monoisotopic (exact) mass is 214 g/mol. The number of nitrogens with one attached hydrogen (secondary N) is 1. The fourth-order valence-electron chi connectivity index (χ4n) is 1.57. The van der Waals surface area contributed by atoms with Gasteiger partial charge in [0.05, 0.1) is 6.61 Å². The standard InChI is InChI=1S/C8H14N4O3/c9-12-11-4-3-10-8(7(13)14)2-1-5-15-6-8/h10H,1-6H2,(H,13,14). The van der Waals surface area contributed by atoms with Crippen LogP contribution in [-0.4, -0.2) is 42.9 Å². The smallest absolute Gasteiger partial charge is 0.326 e. The molecular formula is C8H14N4O3. The topological polar surface area (TPSA) is 107 Å². The average molecular weight is 214 g/mol. The molecule has 84 valence electrons. The number of aliphatic carboxylic acids is 1. The predicted octanol–water partition coefficient (Wildman–Crippen LogP) is 0.520. The van der Waals surface area contributed by atoms with Crippen LogP contribution in [0, 0.1) is 0 Å². The van der Waals surface area contributed by atoms with E-state index in [1.165, 1.54) is 0 Å². The Morgan fingerprint density at radius 1 is 1.73 bits per heavy atom. The Labute approximate surface area is 87.0 Å². The van der Waals surface area contributed by atoms with Crippen molar-refractivity contribution < 1.29 is 14.6 Å². The van der Waals surface area contributed by atoms with Crippen molar-refractivity contribution in [3.63, 3.8) is 0 Å². The number of hydrogen-bond acceptors (Lipinski definition) is 4. The lowest BCUT2D eigenvalue weighted by atomic mass is 9.92. The molecule has 1 aliphatic heterocycles. The Balaban J connectivity index is 2.49. The molecule has 0 bridgehead atoms. The summed E-state index contributed by atoms with van der Waals surface area (Å²) < 4.78 is 5.16. The largest absolute Gasteiger partial charge is 0.480 e. The summed E-state index contributed by atoms with van der Waals surface area (Å²) in [6.45, 7) is 1.36. The number of carbonyl (C=O) groups is 1. The summed E-state index contributed by atoms with van der Waals surface area (Å²) in [6, 6.07) is 0. The summed E-state index contributed by atoms with van der Waals surface area (Å²) in [7, 11) is 0. The zero-order valence-corrected chi connectivity index (χ0v) is 8.35. The maximum absolute atomic E-state index is 11.1. The lowest BCUT2D eigenvalue weighted by molar-refractivity contribution is -0.150. The highest BCUT2D eigenvalue weighted by Crippen LogP contribution is 2.19. The highest BCUT2D eigenvalue weighted by Gasteiger charge is 2.39. The van der Waals surface area contributed by atoms with Gasteiger partial charge in [-0.25, -0.2) is 0 Å². The van der Waals surface area contributed by atoms with Crippen molar-refractivity contribution >= 4 is 5.97 Å². The van der Waals surface area contributed by atoms with Crippen LogP contribution in [0.15, 0.2) is 5.11 Å². The molecule has 1 saturated heterocycles. The second-order valence-electron chi connectivity index (χ2n) is 3.42. The van der Waals surface area contributed by atoms with Crippen molar-refractivity contribution in [1.29, 1.82) is 0 Å². The van der Waals surface area contributed by atoms with Gasteiger partial charge < -0.3 is 9.84 Å². The molecule has 0 radical (unpaired) electrons. The molecule has 7 heteroatoms. The molecule has 1 fully saturated rings. The van der Waals surface area contributed by atoms with Crippen LogP contribution in [0.1, 0.15) is 12.8 Å². The lowest BCUT2D eigenvalue weighted by Crippen LogP contribution is -2.58. The number of carboxylic acids is 1. The Morgan fingerprint density at radius 2 is 2.53 bits per heavy atom. The number of carboxylic acid groups (broad SMARTS) is 1. The molecule has 15 heavy (non-hydrogen) atoms. The van der Waals surface area contributed by atoms with Crippen molar-refractivity contribution in [2.45, 2.75) is 18.4 Å². The molecule has 0 aromatic carbocycles. The molecule has 1 unspecified atom stereocenters. The van der Waals surface area contributed by atoms with Crippen molar-refractivity contribution in [2.75, 3.05) is 26.3 Å². The quantitative estimate of drug-likeness (QED) is 0.301. The van der Waals surface area contributed by atoms with Gasteiger partial charge in [-0.2, -0.15) is 0 Å². The van der Waals surface area contributed by atoms with Gasteiger partial charge >= 0.3 is 5.97 Å². The highest BCUT2D eigenvalue weighted by molar-refractivity contribution is 5.79. The van der Waals surface area contributed by atoms with Crippen LogP contribution in [0.2, 0.25) is 0 Å². The van der Waals surface area contributed by atoms with Crippen molar-refractivity contribution in [2.24, 2.45) is 5.11 Å². The SMILES string of the molecule is [N-]=[N+]=NCCNC1(C(=O)O)CCCOC1. The molecule has 1 atom stereocenters. The van der Waals surface area contributed by atoms with Crippen LogP contribution in [0.4, 0.5) is 0 Å². The molecule has 0 aromatic rings. The molecule has 0 saturated carbocycles. The van der Waals surface area contributed by atoms with Gasteiger partial charge in [0.2, 0.25) is 0 Å². The van der Waals surface area contributed by atoms with E-state index in [4.69, 9.17) is 15.4 Å². The van der Waals surface area contributed by atoms with Crippen molar-refractivity contribution in [3.8, 4) is 0 Å². The summed E-state index contributed by atoms with van der Waals surface area (Å²) in [5.74, 6) is -0.914. The van der Waals surface area contributed by atoms with Gasteiger partial charge in [-0.1, -0.05) is 5.11 Å². The summed E-state index contributed by atoms with van der Waals surface area (Å²) in [4.78, 5) is 13.7. The van der Waals surface area contributed by atoms with Gasteiger partial charge in [-0.15, -0.1) is 0 Å². The van der Waals surface area contributed by atoms with Crippen LogP contribution in [0.5, 0.6) is 0 Å². The molecule has 1 aliphatic rings. The van der Waals surface area contributed by atoms with E-state index in [1.807, 2.05) is 0 Å². The van der Waals surface area contributed by atoms with Crippen LogP contribution in [0.25, 0.3) is 10.4 Å². The zero-order valence-electron chi connectivity index (χ0n) is 8.35. The Kier molecular flexibility index (Phi) is 4.36. The normalized spacial score (nSPS) is 25.6. The Hall–Kier alpha value is -1.30. The molecule has 7 nitrogen and oxygen atoms in total. The van der Waals surface area contributed by atoms with Crippen molar-refractivity contribution in [1.82, 2.24) is 5.32 Å². The third kappa shape index (κ3) is 3.09. The maximum Gasteiger partial charge on any atom is 0.326 e. The summed E-state index contributed by atoms with van der Waals surface area (Å²) >= 11 is 0. The predicted molar refractivity (Wildman–Crippen MR) is 52.4 cm³/mol. The van der Waals surface area contributed by atoms with Gasteiger partial charge in [0.15, 0.2) is 0 Å². The molecule has 2 N–H and O–H groups in total. The van der Waals surface area contributed by atoms with Crippen LogP contribution < -0.4 is 5.32 Å². The van der Waals surface area contributed by atoms with Gasteiger partial charge in [0.1, 0.15) is 5.54 Å². The molecule has 0 spiro atoms. The van der Waals surface area contributed by atoms with Gasteiger partial charge in [0.25, 0.3) is 0 Å².